The van der Waals surface area contributed by atoms with Gasteiger partial charge in [-0.3, -0.25) is 14.4 Å². The Morgan fingerprint density at radius 1 is 1.21 bits per heavy atom. The van der Waals surface area contributed by atoms with Crippen molar-refractivity contribution in [3.8, 4) is 0 Å². The number of rotatable bonds is 5. The van der Waals surface area contributed by atoms with Gasteiger partial charge in [-0.1, -0.05) is 13.8 Å². The monoisotopic (exact) mass is 399 g/mol. The van der Waals surface area contributed by atoms with Crippen LogP contribution in [0.25, 0.3) is 0 Å². The molecule has 158 valence electrons. The molecule has 0 saturated carbocycles. The van der Waals surface area contributed by atoms with E-state index in [1.165, 1.54) is 12.0 Å². The Morgan fingerprint density at radius 2 is 2.03 bits per heavy atom. The number of hydrogen-bond donors (Lipinski definition) is 0. The van der Waals surface area contributed by atoms with Gasteiger partial charge in [0.1, 0.15) is 11.6 Å². The third kappa shape index (κ3) is 3.95. The Kier molecular flexibility index (Phi) is 5.72. The molecule has 2 aliphatic heterocycles. The zero-order valence-corrected chi connectivity index (χ0v) is 18.1. The Hall–Kier alpha value is -2.22. The second-order valence-corrected chi connectivity index (χ2v) is 8.58. The van der Waals surface area contributed by atoms with Crippen molar-refractivity contribution in [2.75, 3.05) is 19.6 Å². The van der Waals surface area contributed by atoms with Crippen LogP contribution >= 0.6 is 0 Å². The molecule has 2 aromatic rings. The molecular weight excluding hydrogens is 366 g/mol. The van der Waals surface area contributed by atoms with Crippen LogP contribution in [0.15, 0.2) is 6.20 Å². The van der Waals surface area contributed by atoms with E-state index in [0.717, 1.165) is 69.5 Å². The Morgan fingerprint density at radius 3 is 2.76 bits per heavy atom. The van der Waals surface area contributed by atoms with Gasteiger partial charge in [0.15, 0.2) is 0 Å². The largest absolute Gasteiger partial charge is 0.340 e. The molecule has 8 nitrogen and oxygen atoms in total. The highest BCUT2D eigenvalue weighted by molar-refractivity contribution is 5.78. The lowest BCUT2D eigenvalue weighted by Gasteiger charge is -2.25. The van der Waals surface area contributed by atoms with Crippen molar-refractivity contribution in [1.29, 1.82) is 0 Å². The van der Waals surface area contributed by atoms with Crippen molar-refractivity contribution in [2.24, 2.45) is 5.92 Å². The van der Waals surface area contributed by atoms with Gasteiger partial charge in [0, 0.05) is 56.8 Å². The summed E-state index contributed by atoms with van der Waals surface area (Å²) in [6.45, 7) is 13.3. The molecule has 4 rings (SSSR count). The number of nitrogens with zero attached hydrogens (tertiary/aromatic N) is 7. The summed E-state index contributed by atoms with van der Waals surface area (Å²) in [5.41, 5.74) is 2.41. The summed E-state index contributed by atoms with van der Waals surface area (Å²) in [6, 6.07) is 0.285. The quantitative estimate of drug-likeness (QED) is 0.771. The lowest BCUT2D eigenvalue weighted by atomic mass is 10.2. The predicted molar refractivity (Wildman–Crippen MR) is 110 cm³/mol. The third-order valence-electron chi connectivity index (χ3n) is 6.27. The Balaban J connectivity index is 1.51. The Labute approximate surface area is 172 Å². The molecule has 1 unspecified atom stereocenters. The van der Waals surface area contributed by atoms with E-state index in [1.807, 2.05) is 23.4 Å². The van der Waals surface area contributed by atoms with Crippen LogP contribution < -0.4 is 0 Å². The lowest BCUT2D eigenvalue weighted by Crippen LogP contribution is -2.36. The average Bonchev–Trinajstić information content (AvgIpc) is 3.37. The fraction of sp³-hybridized carbons (Fsp3) is 0.714. The number of likely N-dealkylation sites (tertiary alicyclic amines) is 1. The summed E-state index contributed by atoms with van der Waals surface area (Å²) in [5.74, 6) is 2.35. The zero-order chi connectivity index (χ0) is 20.5. The molecule has 0 aliphatic carbocycles. The topological polar surface area (TPSA) is 72.1 Å². The average molecular weight is 400 g/mol. The summed E-state index contributed by atoms with van der Waals surface area (Å²) in [5, 5.41) is 13.7. The first kappa shape index (κ1) is 20.1. The molecule has 29 heavy (non-hydrogen) atoms. The number of carbonyl (C=O) groups excluding carboxylic acids is 1. The number of amides is 1. The number of carbonyl (C=O) groups is 1. The summed E-state index contributed by atoms with van der Waals surface area (Å²) in [6.07, 6.45) is 5.23. The molecule has 0 radical (unpaired) electrons. The lowest BCUT2D eigenvalue weighted by molar-refractivity contribution is -0.134. The maximum absolute atomic E-state index is 12.4. The molecule has 1 atom stereocenters. The molecule has 0 aromatic carbocycles. The second kappa shape index (κ2) is 8.26. The van der Waals surface area contributed by atoms with Gasteiger partial charge in [-0.25, -0.2) is 0 Å². The first-order chi connectivity index (χ1) is 14.0. The van der Waals surface area contributed by atoms with Gasteiger partial charge in [-0.15, -0.1) is 10.2 Å². The van der Waals surface area contributed by atoms with Crippen molar-refractivity contribution in [3.63, 3.8) is 0 Å². The van der Waals surface area contributed by atoms with Gasteiger partial charge in [0.05, 0.1) is 11.7 Å². The maximum Gasteiger partial charge on any atom is 0.225 e. The summed E-state index contributed by atoms with van der Waals surface area (Å²) < 4.78 is 4.29. The van der Waals surface area contributed by atoms with E-state index < -0.39 is 0 Å². The molecule has 1 fully saturated rings. The first-order valence-corrected chi connectivity index (χ1v) is 11.0. The fourth-order valence-corrected chi connectivity index (χ4v) is 4.58. The zero-order valence-electron chi connectivity index (χ0n) is 18.1. The van der Waals surface area contributed by atoms with Crippen LogP contribution in [0.4, 0.5) is 0 Å². The number of fused-ring (bicyclic) bond motifs is 1. The maximum atomic E-state index is 12.4. The standard InChI is InChI=1S/C21H33N7O/c1-5-27-14-17(16(4)24-27)13-26-9-6-7-18(26)20-23-22-19-8-10-25(11-12-28(19)20)21(29)15(2)3/h14-15,18H,5-13H2,1-4H3. The van der Waals surface area contributed by atoms with Crippen LogP contribution in [0.5, 0.6) is 0 Å². The normalized spacial score (nSPS) is 20.3. The predicted octanol–water partition coefficient (Wildman–Crippen LogP) is 2.18. The van der Waals surface area contributed by atoms with Crippen molar-refractivity contribution < 1.29 is 4.79 Å². The smallest absolute Gasteiger partial charge is 0.225 e. The molecular formula is C21H33N7O. The van der Waals surface area contributed by atoms with Gasteiger partial charge in [-0.05, 0) is 33.2 Å². The van der Waals surface area contributed by atoms with Crippen molar-refractivity contribution >= 4 is 5.91 Å². The highest BCUT2D eigenvalue weighted by Crippen LogP contribution is 2.33. The Bertz CT molecular complexity index is 869. The van der Waals surface area contributed by atoms with Gasteiger partial charge >= 0.3 is 0 Å². The fourth-order valence-electron chi connectivity index (χ4n) is 4.58. The van der Waals surface area contributed by atoms with Gasteiger partial charge in [0.2, 0.25) is 5.91 Å². The van der Waals surface area contributed by atoms with Crippen LogP contribution in [0.3, 0.4) is 0 Å². The molecule has 0 spiro atoms. The van der Waals surface area contributed by atoms with Gasteiger partial charge < -0.3 is 9.47 Å². The van der Waals surface area contributed by atoms with Crippen molar-refractivity contribution in [2.45, 2.75) is 72.6 Å². The van der Waals surface area contributed by atoms with Crippen LogP contribution in [0.1, 0.15) is 62.6 Å². The highest BCUT2D eigenvalue weighted by atomic mass is 16.2. The molecule has 1 saturated heterocycles. The number of aromatic nitrogens is 5. The first-order valence-electron chi connectivity index (χ1n) is 11.0. The minimum Gasteiger partial charge on any atom is -0.340 e. The van der Waals surface area contributed by atoms with E-state index in [0.29, 0.717) is 0 Å². The number of hydrogen-bond acceptors (Lipinski definition) is 5. The van der Waals surface area contributed by atoms with E-state index >= 15 is 0 Å². The second-order valence-electron chi connectivity index (χ2n) is 8.58. The molecule has 4 heterocycles. The summed E-state index contributed by atoms with van der Waals surface area (Å²) in [7, 11) is 0. The molecule has 0 bridgehead atoms. The molecule has 2 aliphatic rings. The van der Waals surface area contributed by atoms with E-state index in [9.17, 15) is 4.79 Å². The van der Waals surface area contributed by atoms with Crippen LogP contribution in [-0.4, -0.2) is 59.9 Å². The van der Waals surface area contributed by atoms with Crippen LogP contribution in [-0.2, 0) is 30.8 Å². The van der Waals surface area contributed by atoms with E-state index in [1.54, 1.807) is 0 Å². The van der Waals surface area contributed by atoms with Crippen molar-refractivity contribution in [3.05, 3.63) is 29.1 Å². The van der Waals surface area contributed by atoms with E-state index in [4.69, 9.17) is 0 Å². The number of aryl methyl sites for hydroxylation is 2. The SMILES string of the molecule is CCn1cc(CN2CCCC2c2nnc3n2CCN(C(=O)C(C)C)CC3)c(C)n1. The van der Waals surface area contributed by atoms with Crippen LogP contribution in [0, 0.1) is 12.8 Å². The van der Waals surface area contributed by atoms with Gasteiger partial charge in [0.25, 0.3) is 0 Å². The minimum absolute atomic E-state index is 0.0376. The molecule has 2 aromatic heterocycles. The molecule has 1 amide bonds. The van der Waals surface area contributed by atoms with E-state index in [2.05, 4.69) is 44.8 Å². The summed E-state index contributed by atoms with van der Waals surface area (Å²) >= 11 is 0. The molecule has 8 heteroatoms. The van der Waals surface area contributed by atoms with Crippen molar-refractivity contribution in [1.82, 2.24) is 34.3 Å². The minimum atomic E-state index is 0.0376. The van der Waals surface area contributed by atoms with Crippen LogP contribution in [0.2, 0.25) is 0 Å². The van der Waals surface area contributed by atoms with Gasteiger partial charge in [-0.2, -0.15) is 5.10 Å². The third-order valence-corrected chi connectivity index (χ3v) is 6.27. The molecule has 0 N–H and O–H groups in total. The summed E-state index contributed by atoms with van der Waals surface area (Å²) in [4.78, 5) is 16.9. The highest BCUT2D eigenvalue weighted by Gasteiger charge is 2.33. The van der Waals surface area contributed by atoms with E-state index in [-0.39, 0.29) is 17.9 Å².